The Kier molecular flexibility index (Phi) is 6.58. The van der Waals surface area contributed by atoms with Gasteiger partial charge in [-0.2, -0.15) is 0 Å². The van der Waals surface area contributed by atoms with E-state index in [4.69, 9.17) is 0 Å². The summed E-state index contributed by atoms with van der Waals surface area (Å²) in [5.74, 6) is -0.192. The van der Waals surface area contributed by atoms with Crippen molar-refractivity contribution < 1.29 is 13.2 Å². The van der Waals surface area contributed by atoms with Gasteiger partial charge < -0.3 is 10.2 Å². The van der Waals surface area contributed by atoms with E-state index in [-0.39, 0.29) is 10.8 Å². The number of carbonyl (C=O) groups is 1. The molecule has 0 heterocycles. The van der Waals surface area contributed by atoms with E-state index < -0.39 is 9.84 Å². The molecule has 1 N–H and O–H groups in total. The zero-order chi connectivity index (χ0) is 18.3. The molecular weight excluding hydrogens is 336 g/mol. The van der Waals surface area contributed by atoms with Crippen molar-refractivity contribution in [3.63, 3.8) is 0 Å². The monoisotopic (exact) mass is 360 g/mol. The van der Waals surface area contributed by atoms with Crippen molar-refractivity contribution in [2.24, 2.45) is 0 Å². The number of nitrogens with zero attached hydrogens (tertiary/aromatic N) is 1. The zero-order valence-corrected chi connectivity index (χ0v) is 15.4. The van der Waals surface area contributed by atoms with E-state index in [1.165, 1.54) is 30.0 Å². The van der Waals surface area contributed by atoms with E-state index in [0.717, 1.165) is 25.8 Å². The van der Waals surface area contributed by atoms with Gasteiger partial charge in [0.05, 0.1) is 4.90 Å². The molecule has 0 saturated carbocycles. The van der Waals surface area contributed by atoms with Crippen LogP contribution in [-0.2, 0) is 9.84 Å². The summed E-state index contributed by atoms with van der Waals surface area (Å²) in [6.07, 6.45) is 1.98. The Hall–Kier alpha value is -2.34. The average molecular weight is 360 g/mol. The van der Waals surface area contributed by atoms with Crippen molar-refractivity contribution >= 4 is 21.4 Å². The van der Waals surface area contributed by atoms with Crippen molar-refractivity contribution in [2.75, 3.05) is 30.8 Å². The standard InChI is InChI=1S/C19H24N2O3S/c1-3-21(17-8-5-4-6-9-17)15-7-14-20-19(22)16-10-12-18(13-11-16)25(2,23)24/h4-6,8-13H,3,7,14-15H2,1-2H3,(H,20,22). The summed E-state index contributed by atoms with van der Waals surface area (Å²) < 4.78 is 22.9. The van der Waals surface area contributed by atoms with Gasteiger partial charge in [0.25, 0.3) is 5.91 Å². The van der Waals surface area contributed by atoms with Gasteiger partial charge in [-0.05, 0) is 49.7 Å². The molecule has 6 heteroatoms. The first-order valence-electron chi connectivity index (χ1n) is 8.30. The Bertz CT molecular complexity index is 787. The molecule has 0 atom stereocenters. The van der Waals surface area contributed by atoms with E-state index in [1.807, 2.05) is 18.2 Å². The normalized spacial score (nSPS) is 11.1. The lowest BCUT2D eigenvalue weighted by molar-refractivity contribution is 0.0953. The number of rotatable bonds is 8. The van der Waals surface area contributed by atoms with Crippen LogP contribution in [-0.4, -0.2) is 40.2 Å². The maximum Gasteiger partial charge on any atom is 0.251 e. The molecule has 25 heavy (non-hydrogen) atoms. The number of amides is 1. The molecule has 1 amide bonds. The highest BCUT2D eigenvalue weighted by Gasteiger charge is 2.10. The Labute approximate surface area is 149 Å². The van der Waals surface area contributed by atoms with Gasteiger partial charge in [0.2, 0.25) is 0 Å². The predicted octanol–water partition coefficient (Wildman–Crippen LogP) is 2.74. The van der Waals surface area contributed by atoms with E-state index in [2.05, 4.69) is 29.3 Å². The fourth-order valence-electron chi connectivity index (χ4n) is 2.54. The van der Waals surface area contributed by atoms with Crippen LogP contribution < -0.4 is 10.2 Å². The molecule has 0 bridgehead atoms. The van der Waals surface area contributed by atoms with Crippen molar-refractivity contribution in [1.82, 2.24) is 5.32 Å². The summed E-state index contributed by atoms with van der Waals surface area (Å²) in [6, 6.07) is 16.2. The first-order chi connectivity index (χ1) is 11.9. The number of carbonyl (C=O) groups excluding carboxylic acids is 1. The van der Waals surface area contributed by atoms with E-state index in [9.17, 15) is 13.2 Å². The highest BCUT2D eigenvalue weighted by molar-refractivity contribution is 7.90. The molecule has 0 unspecified atom stereocenters. The second kappa shape index (κ2) is 8.67. The molecule has 0 spiro atoms. The lowest BCUT2D eigenvalue weighted by Crippen LogP contribution is -2.29. The SMILES string of the molecule is CCN(CCCNC(=O)c1ccc(S(C)(=O)=O)cc1)c1ccccc1. The summed E-state index contributed by atoms with van der Waals surface area (Å²) >= 11 is 0. The third-order valence-corrected chi connectivity index (χ3v) is 5.07. The molecule has 134 valence electrons. The highest BCUT2D eigenvalue weighted by atomic mass is 32.2. The molecule has 0 saturated heterocycles. The fourth-order valence-corrected chi connectivity index (χ4v) is 3.17. The smallest absolute Gasteiger partial charge is 0.251 e. The molecule has 2 rings (SSSR count). The minimum Gasteiger partial charge on any atom is -0.372 e. The number of anilines is 1. The summed E-state index contributed by atoms with van der Waals surface area (Å²) in [6.45, 7) is 4.43. The summed E-state index contributed by atoms with van der Waals surface area (Å²) in [5.41, 5.74) is 1.63. The molecule has 2 aromatic rings. The number of benzene rings is 2. The summed E-state index contributed by atoms with van der Waals surface area (Å²) in [7, 11) is -3.24. The van der Waals surface area contributed by atoms with Crippen LogP contribution in [0.25, 0.3) is 0 Å². The van der Waals surface area contributed by atoms with Crippen LogP contribution in [0.15, 0.2) is 59.5 Å². The number of hydrogen-bond acceptors (Lipinski definition) is 4. The van der Waals surface area contributed by atoms with Crippen LogP contribution in [0.5, 0.6) is 0 Å². The van der Waals surface area contributed by atoms with Crippen molar-refractivity contribution in [1.29, 1.82) is 0 Å². The third-order valence-electron chi connectivity index (χ3n) is 3.94. The molecule has 0 aromatic heterocycles. The van der Waals surface area contributed by atoms with Gasteiger partial charge in [-0.25, -0.2) is 8.42 Å². The summed E-state index contributed by atoms with van der Waals surface area (Å²) in [4.78, 5) is 14.6. The van der Waals surface area contributed by atoms with E-state index in [0.29, 0.717) is 12.1 Å². The van der Waals surface area contributed by atoms with Gasteiger partial charge in [0.15, 0.2) is 9.84 Å². The van der Waals surface area contributed by atoms with Gasteiger partial charge in [-0.3, -0.25) is 4.79 Å². The zero-order valence-electron chi connectivity index (χ0n) is 14.6. The second-order valence-electron chi connectivity index (χ2n) is 5.82. The Balaban J connectivity index is 1.82. The lowest BCUT2D eigenvalue weighted by atomic mass is 10.2. The van der Waals surface area contributed by atoms with Gasteiger partial charge >= 0.3 is 0 Å². The molecular formula is C19H24N2O3S. The molecule has 0 aliphatic heterocycles. The van der Waals surface area contributed by atoms with Gasteiger partial charge in [-0.15, -0.1) is 0 Å². The molecule has 0 radical (unpaired) electrons. The van der Waals surface area contributed by atoms with Crippen molar-refractivity contribution in [3.05, 3.63) is 60.2 Å². The second-order valence-corrected chi connectivity index (χ2v) is 7.84. The first kappa shape index (κ1) is 19.0. The molecule has 5 nitrogen and oxygen atoms in total. The average Bonchev–Trinajstić information content (AvgIpc) is 2.61. The Morgan fingerprint density at radius 1 is 1.04 bits per heavy atom. The molecule has 2 aromatic carbocycles. The predicted molar refractivity (Wildman–Crippen MR) is 101 cm³/mol. The fraction of sp³-hybridized carbons (Fsp3) is 0.316. The minimum absolute atomic E-state index is 0.192. The Morgan fingerprint density at radius 2 is 1.68 bits per heavy atom. The van der Waals surface area contributed by atoms with Gasteiger partial charge in [0, 0.05) is 37.1 Å². The van der Waals surface area contributed by atoms with Crippen LogP contribution in [0, 0.1) is 0 Å². The van der Waals surface area contributed by atoms with Crippen LogP contribution in [0.4, 0.5) is 5.69 Å². The number of para-hydroxylation sites is 1. The molecule has 0 aliphatic rings. The van der Waals surface area contributed by atoms with E-state index >= 15 is 0 Å². The Morgan fingerprint density at radius 3 is 2.24 bits per heavy atom. The number of nitrogens with one attached hydrogen (secondary N) is 1. The van der Waals surface area contributed by atoms with Crippen LogP contribution in [0.2, 0.25) is 0 Å². The maximum absolute atomic E-state index is 12.1. The quantitative estimate of drug-likeness (QED) is 0.735. The van der Waals surface area contributed by atoms with E-state index in [1.54, 1.807) is 0 Å². The van der Waals surface area contributed by atoms with Crippen LogP contribution >= 0.6 is 0 Å². The van der Waals surface area contributed by atoms with Crippen LogP contribution in [0.1, 0.15) is 23.7 Å². The van der Waals surface area contributed by atoms with Gasteiger partial charge in [-0.1, -0.05) is 18.2 Å². The summed E-state index contributed by atoms with van der Waals surface area (Å²) in [5, 5.41) is 2.87. The van der Waals surface area contributed by atoms with Gasteiger partial charge in [0.1, 0.15) is 0 Å². The first-order valence-corrected chi connectivity index (χ1v) is 10.2. The number of hydrogen-bond donors (Lipinski definition) is 1. The van der Waals surface area contributed by atoms with Crippen molar-refractivity contribution in [3.8, 4) is 0 Å². The molecule has 0 fully saturated rings. The largest absolute Gasteiger partial charge is 0.372 e. The van der Waals surface area contributed by atoms with Crippen LogP contribution in [0.3, 0.4) is 0 Å². The highest BCUT2D eigenvalue weighted by Crippen LogP contribution is 2.13. The topological polar surface area (TPSA) is 66.5 Å². The minimum atomic E-state index is -3.24. The third kappa shape index (κ3) is 5.60. The van der Waals surface area contributed by atoms with Crippen molar-refractivity contribution in [2.45, 2.75) is 18.2 Å². The maximum atomic E-state index is 12.1. The lowest BCUT2D eigenvalue weighted by Gasteiger charge is -2.23. The number of sulfone groups is 1. The molecule has 0 aliphatic carbocycles.